The summed E-state index contributed by atoms with van der Waals surface area (Å²) in [5.74, 6) is 5.49. The quantitative estimate of drug-likeness (QED) is 0.823. The third-order valence-electron chi connectivity index (χ3n) is 3.83. The Labute approximate surface area is 134 Å². The Balaban J connectivity index is 1.76. The van der Waals surface area contributed by atoms with Crippen LogP contribution in [-0.4, -0.2) is 16.4 Å². The maximum absolute atomic E-state index is 12.8. The highest BCUT2D eigenvalue weighted by Gasteiger charge is 2.38. The number of carbonyl (C=O) groups excluding carboxylic acids is 1. The van der Waals surface area contributed by atoms with Crippen LogP contribution >= 0.6 is 0 Å². The molecule has 2 heterocycles. The Hall–Kier alpha value is -2.67. The van der Waals surface area contributed by atoms with Gasteiger partial charge < -0.3 is 5.32 Å². The number of pyridine rings is 1. The van der Waals surface area contributed by atoms with Crippen molar-refractivity contribution in [2.45, 2.75) is 31.7 Å². The van der Waals surface area contributed by atoms with Crippen molar-refractivity contribution in [2.75, 3.05) is 0 Å². The van der Waals surface area contributed by atoms with Crippen LogP contribution in [0, 0.1) is 17.7 Å². The lowest BCUT2D eigenvalue weighted by atomic mass is 9.94. The van der Waals surface area contributed by atoms with Gasteiger partial charge in [0.1, 0.15) is 5.82 Å². The average Bonchev–Trinajstić information content (AvgIpc) is 2.80. The molecule has 0 saturated carbocycles. The fraction of sp³-hybridized carbons (Fsp3) is 0.263. The molecule has 1 saturated heterocycles. The number of nitrogens with one attached hydrogen (secondary N) is 1. The number of rotatable bonds is 1. The zero-order valence-electron chi connectivity index (χ0n) is 13.1. The van der Waals surface area contributed by atoms with Gasteiger partial charge in [0.15, 0.2) is 0 Å². The Morgan fingerprint density at radius 2 is 1.78 bits per heavy atom. The summed E-state index contributed by atoms with van der Waals surface area (Å²) in [7, 11) is 0. The molecule has 3 nitrogen and oxygen atoms in total. The number of amides is 1. The second kappa shape index (κ2) is 5.85. The minimum atomic E-state index is -0.278. The summed E-state index contributed by atoms with van der Waals surface area (Å²) in [6, 6.07) is 9.74. The first-order valence-electron chi connectivity index (χ1n) is 7.48. The molecular weight excluding hydrogens is 291 g/mol. The fourth-order valence-electron chi connectivity index (χ4n) is 2.68. The summed E-state index contributed by atoms with van der Waals surface area (Å²) in [4.78, 5) is 16.4. The van der Waals surface area contributed by atoms with Crippen LogP contribution in [0.5, 0.6) is 0 Å². The van der Waals surface area contributed by atoms with Gasteiger partial charge in [-0.2, -0.15) is 0 Å². The zero-order valence-corrected chi connectivity index (χ0v) is 13.1. The molecule has 2 aromatic rings. The Bertz CT molecular complexity index is 783. The van der Waals surface area contributed by atoms with Gasteiger partial charge in [0.05, 0.1) is 11.6 Å². The number of halogens is 1. The monoisotopic (exact) mass is 308 g/mol. The van der Waals surface area contributed by atoms with Crippen molar-refractivity contribution in [1.82, 2.24) is 10.3 Å². The molecule has 0 radical (unpaired) electrons. The van der Waals surface area contributed by atoms with Crippen molar-refractivity contribution in [1.29, 1.82) is 0 Å². The number of nitrogens with zero attached hydrogens (tertiary/aromatic N) is 1. The highest BCUT2D eigenvalue weighted by molar-refractivity contribution is 5.86. The molecule has 23 heavy (non-hydrogen) atoms. The number of benzene rings is 1. The van der Waals surface area contributed by atoms with Crippen LogP contribution in [0.25, 0.3) is 0 Å². The lowest BCUT2D eigenvalue weighted by Gasteiger charge is -2.16. The third kappa shape index (κ3) is 3.57. The summed E-state index contributed by atoms with van der Waals surface area (Å²) in [5.41, 5.74) is 2.08. The van der Waals surface area contributed by atoms with E-state index in [9.17, 15) is 9.18 Å². The molecule has 1 unspecified atom stereocenters. The average molecular weight is 308 g/mol. The van der Waals surface area contributed by atoms with Gasteiger partial charge in [-0.05, 0) is 56.7 Å². The van der Waals surface area contributed by atoms with E-state index in [2.05, 4.69) is 22.1 Å². The summed E-state index contributed by atoms with van der Waals surface area (Å²) < 4.78 is 12.8. The van der Waals surface area contributed by atoms with Gasteiger partial charge in [-0.3, -0.25) is 9.78 Å². The molecule has 1 aromatic carbocycles. The first-order chi connectivity index (χ1) is 10.9. The normalized spacial score (nSPS) is 18.9. The molecule has 1 aliphatic heterocycles. The topological polar surface area (TPSA) is 42.0 Å². The van der Waals surface area contributed by atoms with Crippen molar-refractivity contribution in [3.05, 3.63) is 65.2 Å². The summed E-state index contributed by atoms with van der Waals surface area (Å²) in [6.45, 7) is 4.01. The fourth-order valence-corrected chi connectivity index (χ4v) is 2.68. The molecule has 0 spiro atoms. The van der Waals surface area contributed by atoms with Gasteiger partial charge in [0.25, 0.3) is 0 Å². The lowest BCUT2D eigenvalue weighted by Crippen LogP contribution is -2.34. The molecule has 1 aromatic heterocycles. The van der Waals surface area contributed by atoms with Gasteiger partial charge in [0.2, 0.25) is 5.91 Å². The molecule has 1 atom stereocenters. The van der Waals surface area contributed by atoms with Crippen LogP contribution in [-0.2, 0) is 4.79 Å². The van der Waals surface area contributed by atoms with Crippen LogP contribution in [0.4, 0.5) is 4.39 Å². The largest absolute Gasteiger partial charge is 0.351 e. The van der Waals surface area contributed by atoms with Gasteiger partial charge >= 0.3 is 0 Å². The Morgan fingerprint density at radius 1 is 1.13 bits per heavy atom. The van der Waals surface area contributed by atoms with Gasteiger partial charge in [-0.1, -0.05) is 11.8 Å². The molecule has 1 fully saturated rings. The molecule has 3 rings (SSSR count). The summed E-state index contributed by atoms with van der Waals surface area (Å²) in [5, 5.41) is 2.97. The van der Waals surface area contributed by atoms with Gasteiger partial charge in [0, 0.05) is 22.9 Å². The Morgan fingerprint density at radius 3 is 2.35 bits per heavy atom. The molecule has 4 heteroatoms. The Kier molecular flexibility index (Phi) is 3.87. The van der Waals surface area contributed by atoms with E-state index in [1.165, 1.54) is 12.1 Å². The van der Waals surface area contributed by atoms with Crippen molar-refractivity contribution in [3.63, 3.8) is 0 Å². The van der Waals surface area contributed by atoms with Crippen molar-refractivity contribution in [2.24, 2.45) is 0 Å². The van der Waals surface area contributed by atoms with E-state index in [-0.39, 0.29) is 23.2 Å². The molecule has 116 valence electrons. The van der Waals surface area contributed by atoms with Crippen molar-refractivity contribution in [3.8, 4) is 11.8 Å². The van der Waals surface area contributed by atoms with Crippen LogP contribution < -0.4 is 5.32 Å². The van der Waals surface area contributed by atoms with Crippen LogP contribution in [0.3, 0.4) is 0 Å². The van der Waals surface area contributed by atoms with Crippen LogP contribution in [0.1, 0.15) is 43.0 Å². The highest BCUT2D eigenvalue weighted by atomic mass is 19.1. The van der Waals surface area contributed by atoms with E-state index in [1.54, 1.807) is 18.3 Å². The minimum Gasteiger partial charge on any atom is -0.351 e. The van der Waals surface area contributed by atoms with E-state index in [4.69, 9.17) is 0 Å². The number of aromatic nitrogens is 1. The highest BCUT2D eigenvalue weighted by Crippen LogP contribution is 2.31. The molecule has 1 N–H and O–H groups in total. The van der Waals surface area contributed by atoms with Crippen LogP contribution in [0.2, 0.25) is 0 Å². The van der Waals surface area contributed by atoms with E-state index in [1.807, 2.05) is 26.0 Å². The van der Waals surface area contributed by atoms with E-state index < -0.39 is 0 Å². The predicted molar refractivity (Wildman–Crippen MR) is 86.2 cm³/mol. The summed E-state index contributed by atoms with van der Waals surface area (Å²) in [6.07, 6.45) is 2.41. The molecule has 1 aliphatic rings. The molecule has 1 amide bonds. The maximum atomic E-state index is 12.8. The standard InChI is InChI=1S/C19H17FN2O/c1-19(2)11-16(18(23)22-19)17-10-7-14(12-21-17)4-3-13-5-8-15(20)9-6-13/h5-10,12,16H,11H2,1-2H3,(H,22,23). The first-order valence-corrected chi connectivity index (χ1v) is 7.48. The SMILES string of the molecule is CC1(C)CC(c2ccc(C#Cc3ccc(F)cc3)cn2)C(=O)N1. The second-order valence-corrected chi connectivity index (χ2v) is 6.36. The van der Waals surface area contributed by atoms with Crippen molar-refractivity contribution < 1.29 is 9.18 Å². The van der Waals surface area contributed by atoms with E-state index in [0.717, 1.165) is 23.2 Å². The minimum absolute atomic E-state index is 0.0210. The number of carbonyl (C=O) groups is 1. The zero-order chi connectivity index (χ0) is 16.4. The van der Waals surface area contributed by atoms with E-state index >= 15 is 0 Å². The molecule has 0 aliphatic carbocycles. The summed E-state index contributed by atoms with van der Waals surface area (Å²) >= 11 is 0. The predicted octanol–water partition coefficient (Wildman–Crippen LogP) is 3.00. The van der Waals surface area contributed by atoms with E-state index in [0.29, 0.717) is 0 Å². The molecular formula is C19H17FN2O. The number of hydrogen-bond acceptors (Lipinski definition) is 2. The third-order valence-corrected chi connectivity index (χ3v) is 3.83. The lowest BCUT2D eigenvalue weighted by molar-refractivity contribution is -0.120. The second-order valence-electron chi connectivity index (χ2n) is 6.36. The number of hydrogen-bond donors (Lipinski definition) is 1. The molecule has 0 bridgehead atoms. The van der Waals surface area contributed by atoms with Gasteiger partial charge in [-0.15, -0.1) is 0 Å². The maximum Gasteiger partial charge on any atom is 0.229 e. The smallest absolute Gasteiger partial charge is 0.229 e. The van der Waals surface area contributed by atoms with Crippen molar-refractivity contribution >= 4 is 5.91 Å². The first kappa shape index (κ1) is 15.2. The van der Waals surface area contributed by atoms with Crippen LogP contribution in [0.15, 0.2) is 42.6 Å². The van der Waals surface area contributed by atoms with Gasteiger partial charge in [-0.25, -0.2) is 4.39 Å².